The lowest BCUT2D eigenvalue weighted by Gasteiger charge is -2.32. The molecule has 1 aromatic carbocycles. The molecule has 1 saturated carbocycles. The maximum atomic E-state index is 13.3. The van der Waals surface area contributed by atoms with Crippen LogP contribution in [0, 0.1) is 6.92 Å². The van der Waals surface area contributed by atoms with E-state index in [2.05, 4.69) is 45.7 Å². The number of aldehydes is 1. The van der Waals surface area contributed by atoms with Gasteiger partial charge in [0.2, 0.25) is 5.91 Å². The number of rotatable bonds is 6. The highest BCUT2D eigenvalue weighted by atomic mass is 16.3. The number of aliphatic hydroxyl groups is 1. The Morgan fingerprint density at radius 3 is 2.69 bits per heavy atom. The molecule has 1 aliphatic carbocycles. The van der Waals surface area contributed by atoms with Crippen LogP contribution in [0.3, 0.4) is 0 Å². The number of nitrogens with one attached hydrogen (secondary N) is 3. The van der Waals surface area contributed by atoms with Gasteiger partial charge in [-0.15, -0.1) is 0 Å². The minimum absolute atomic E-state index is 0.0464. The van der Waals surface area contributed by atoms with Gasteiger partial charge >= 0.3 is 0 Å². The molecule has 8 heteroatoms. The maximum absolute atomic E-state index is 13.3. The molecule has 192 valence electrons. The molecule has 4 N–H and O–H groups in total. The van der Waals surface area contributed by atoms with E-state index in [1.165, 1.54) is 30.2 Å². The van der Waals surface area contributed by atoms with E-state index in [0.29, 0.717) is 13.0 Å². The van der Waals surface area contributed by atoms with Crippen molar-refractivity contribution in [1.29, 1.82) is 0 Å². The van der Waals surface area contributed by atoms with Gasteiger partial charge in [0.1, 0.15) is 12.3 Å². The highest BCUT2D eigenvalue weighted by Crippen LogP contribution is 2.30. The number of pyridine rings is 1. The molecule has 8 nitrogen and oxygen atoms in total. The first-order valence-corrected chi connectivity index (χ1v) is 12.8. The molecule has 2 aromatic heterocycles. The van der Waals surface area contributed by atoms with Gasteiger partial charge in [0.25, 0.3) is 0 Å². The minimum Gasteiger partial charge on any atom is -0.392 e. The van der Waals surface area contributed by atoms with Crippen LogP contribution in [0.25, 0.3) is 10.9 Å². The van der Waals surface area contributed by atoms with E-state index in [9.17, 15) is 9.59 Å². The van der Waals surface area contributed by atoms with Crippen molar-refractivity contribution in [3.8, 4) is 0 Å². The molecule has 36 heavy (non-hydrogen) atoms. The number of H-pyrrole nitrogens is 1. The van der Waals surface area contributed by atoms with Crippen molar-refractivity contribution >= 4 is 28.8 Å². The number of likely N-dealkylation sites (N-methyl/N-ethyl adjacent to an activating group) is 1. The highest BCUT2D eigenvalue weighted by molar-refractivity contribution is 5.89. The van der Waals surface area contributed by atoms with Gasteiger partial charge < -0.3 is 30.4 Å². The standard InChI is InChI=1S/C23H28N4O.C5H9NO2/c1-16-14-25-21-13-19(10-11-20(16)21)27(2)22(17-7-6-12-24-15-17)23(28)26-18-8-4-3-5-9-18;7-3-4-1-5(8)2-6-4/h6-7,10-15,18,22,25H,3-5,8-9H2,1-2H3,(H,26,28);3-6,8H,1-2H2. The largest absolute Gasteiger partial charge is 0.392 e. The zero-order valence-corrected chi connectivity index (χ0v) is 21.1. The Labute approximate surface area is 212 Å². The van der Waals surface area contributed by atoms with E-state index in [4.69, 9.17) is 5.11 Å². The number of amides is 1. The molecule has 0 radical (unpaired) electrons. The lowest BCUT2D eigenvalue weighted by atomic mass is 9.95. The monoisotopic (exact) mass is 491 g/mol. The molecule has 2 aliphatic rings. The minimum atomic E-state index is -0.413. The Kier molecular flexibility index (Phi) is 8.72. The molecule has 0 spiro atoms. The van der Waals surface area contributed by atoms with E-state index in [-0.39, 0.29) is 24.1 Å². The lowest BCUT2D eigenvalue weighted by molar-refractivity contribution is -0.123. The van der Waals surface area contributed by atoms with Crippen molar-refractivity contribution < 1.29 is 14.7 Å². The topological polar surface area (TPSA) is 110 Å². The summed E-state index contributed by atoms with van der Waals surface area (Å²) in [7, 11) is 1.98. The van der Waals surface area contributed by atoms with Gasteiger partial charge in [-0.05, 0) is 49.9 Å². The van der Waals surface area contributed by atoms with Gasteiger partial charge in [0.05, 0.1) is 12.1 Å². The molecule has 3 unspecified atom stereocenters. The Morgan fingerprint density at radius 2 is 2.06 bits per heavy atom. The van der Waals surface area contributed by atoms with Crippen LogP contribution >= 0.6 is 0 Å². The third-order valence-electron chi connectivity index (χ3n) is 7.17. The van der Waals surface area contributed by atoms with Gasteiger partial charge in [0, 0.05) is 60.4 Å². The van der Waals surface area contributed by atoms with Gasteiger partial charge in [0.15, 0.2) is 0 Å². The smallest absolute Gasteiger partial charge is 0.247 e. The van der Waals surface area contributed by atoms with Crippen molar-refractivity contribution in [2.75, 3.05) is 18.5 Å². The highest BCUT2D eigenvalue weighted by Gasteiger charge is 2.28. The number of aryl methyl sites for hydroxylation is 1. The fourth-order valence-corrected chi connectivity index (χ4v) is 5.09. The van der Waals surface area contributed by atoms with Crippen LogP contribution in [0.1, 0.15) is 55.7 Å². The quantitative estimate of drug-likeness (QED) is 0.394. The summed E-state index contributed by atoms with van der Waals surface area (Å²) in [5.41, 5.74) is 4.21. The maximum Gasteiger partial charge on any atom is 0.247 e. The number of nitrogens with zero attached hydrogens (tertiary/aromatic N) is 2. The van der Waals surface area contributed by atoms with Gasteiger partial charge in [-0.3, -0.25) is 9.78 Å². The SMILES string of the molecule is Cc1c[nH]c2cc(N(C)C(C(=O)NC3CCCCC3)c3cccnc3)ccc12.O=CC1CC(O)CN1. The van der Waals surface area contributed by atoms with E-state index in [0.717, 1.165) is 35.9 Å². The number of β-amino-alcohol motifs (C(OH)–C–C–N with tert-alkyl or cyclic N) is 1. The number of benzene rings is 1. The Morgan fingerprint density at radius 1 is 1.25 bits per heavy atom. The van der Waals surface area contributed by atoms with Crippen LogP contribution in [-0.2, 0) is 9.59 Å². The Hall–Kier alpha value is -3.23. The number of carbonyl (C=O) groups excluding carboxylic acids is 2. The normalized spacial score (nSPS) is 20.9. The predicted molar refractivity (Wildman–Crippen MR) is 142 cm³/mol. The third-order valence-corrected chi connectivity index (χ3v) is 7.17. The van der Waals surface area contributed by atoms with Crippen molar-refractivity contribution in [1.82, 2.24) is 20.6 Å². The molecular weight excluding hydrogens is 454 g/mol. The second-order valence-corrected chi connectivity index (χ2v) is 9.89. The number of aromatic nitrogens is 2. The van der Waals surface area contributed by atoms with E-state index < -0.39 is 6.04 Å². The number of hydrogen-bond acceptors (Lipinski definition) is 6. The zero-order valence-electron chi connectivity index (χ0n) is 21.1. The first-order chi connectivity index (χ1) is 17.5. The van der Waals surface area contributed by atoms with E-state index in [1.807, 2.05) is 30.3 Å². The van der Waals surface area contributed by atoms with Crippen molar-refractivity contribution in [3.63, 3.8) is 0 Å². The Bertz CT molecular complexity index is 1140. The molecule has 1 aliphatic heterocycles. The second kappa shape index (κ2) is 12.1. The molecular formula is C28H37N5O3. The lowest BCUT2D eigenvalue weighted by Crippen LogP contribution is -2.44. The number of hydrogen-bond donors (Lipinski definition) is 4. The molecule has 0 bridgehead atoms. The van der Waals surface area contributed by atoms with Gasteiger partial charge in [-0.25, -0.2) is 0 Å². The number of carbonyl (C=O) groups is 2. The van der Waals surface area contributed by atoms with Crippen LogP contribution in [0.2, 0.25) is 0 Å². The zero-order chi connectivity index (χ0) is 25.5. The number of anilines is 1. The van der Waals surface area contributed by atoms with E-state index >= 15 is 0 Å². The summed E-state index contributed by atoms with van der Waals surface area (Å²) < 4.78 is 0. The van der Waals surface area contributed by atoms with Crippen LogP contribution in [0.15, 0.2) is 48.9 Å². The predicted octanol–water partition coefficient (Wildman–Crippen LogP) is 3.41. The number of aliphatic hydroxyl groups excluding tert-OH is 1. The molecule has 3 heterocycles. The van der Waals surface area contributed by atoms with Crippen LogP contribution in [-0.4, -0.2) is 59.0 Å². The second-order valence-electron chi connectivity index (χ2n) is 9.89. The summed E-state index contributed by atoms with van der Waals surface area (Å²) in [5.74, 6) is 0.0464. The van der Waals surface area contributed by atoms with Crippen LogP contribution in [0.5, 0.6) is 0 Å². The molecule has 2 fully saturated rings. The number of aromatic amines is 1. The Balaban J connectivity index is 0.000000325. The summed E-state index contributed by atoms with van der Waals surface area (Å²) in [4.78, 5) is 32.9. The summed E-state index contributed by atoms with van der Waals surface area (Å²) in [6.45, 7) is 2.65. The fraction of sp³-hybridized carbons (Fsp3) is 0.464. The van der Waals surface area contributed by atoms with Gasteiger partial charge in [-0.1, -0.05) is 31.4 Å². The first kappa shape index (κ1) is 25.9. The molecule has 1 amide bonds. The van der Waals surface area contributed by atoms with Gasteiger partial charge in [-0.2, -0.15) is 0 Å². The van der Waals surface area contributed by atoms with Crippen LogP contribution < -0.4 is 15.5 Å². The molecule has 5 rings (SSSR count). The third kappa shape index (κ3) is 6.30. The molecule has 1 saturated heterocycles. The summed E-state index contributed by atoms with van der Waals surface area (Å²) >= 11 is 0. The summed E-state index contributed by atoms with van der Waals surface area (Å²) in [6.07, 6.45) is 12.4. The number of fused-ring (bicyclic) bond motifs is 1. The molecule has 3 aromatic rings. The fourth-order valence-electron chi connectivity index (χ4n) is 5.09. The van der Waals surface area contributed by atoms with Crippen LogP contribution in [0.4, 0.5) is 5.69 Å². The average Bonchev–Trinajstić information content (AvgIpc) is 3.50. The first-order valence-electron chi connectivity index (χ1n) is 12.8. The molecule has 3 atom stereocenters. The van der Waals surface area contributed by atoms with Crippen molar-refractivity contribution in [2.45, 2.75) is 69.7 Å². The van der Waals surface area contributed by atoms with Crippen molar-refractivity contribution in [2.24, 2.45) is 0 Å². The summed E-state index contributed by atoms with van der Waals surface area (Å²) in [5, 5.41) is 16.2. The van der Waals surface area contributed by atoms with E-state index in [1.54, 1.807) is 12.4 Å². The summed E-state index contributed by atoms with van der Waals surface area (Å²) in [6, 6.07) is 9.94. The van der Waals surface area contributed by atoms with Crippen molar-refractivity contribution in [3.05, 3.63) is 60.0 Å². The average molecular weight is 492 g/mol.